The minimum Gasteiger partial charge on any atom is -0.368 e. The van der Waals surface area contributed by atoms with Crippen LogP contribution < -0.4 is 9.80 Å². The van der Waals surface area contributed by atoms with Gasteiger partial charge in [0.05, 0.1) is 16.4 Å². The maximum absolute atomic E-state index is 13.8. The molecule has 3 aliphatic heterocycles. The lowest BCUT2D eigenvalue weighted by Gasteiger charge is -2.39. The Morgan fingerprint density at radius 3 is 2.44 bits per heavy atom. The molecule has 0 unspecified atom stereocenters. The van der Waals surface area contributed by atoms with Crippen molar-refractivity contribution in [2.75, 3.05) is 55.6 Å². The normalized spacial score (nSPS) is 20.3. The first kappa shape index (κ1) is 29.8. The average Bonchev–Trinajstić information content (AvgIpc) is 3.38. The van der Waals surface area contributed by atoms with Crippen molar-refractivity contribution < 1.29 is 31.2 Å². The van der Waals surface area contributed by atoms with E-state index in [1.165, 1.54) is 10.4 Å². The monoisotopic (exact) mass is 656 g/mol. The summed E-state index contributed by atoms with van der Waals surface area (Å²) in [6.07, 6.45) is -2.36. The Kier molecular flexibility index (Phi) is 8.41. The number of sulfonamides is 1. The van der Waals surface area contributed by atoms with Crippen molar-refractivity contribution in [1.29, 1.82) is 0 Å². The van der Waals surface area contributed by atoms with Crippen molar-refractivity contribution >= 4 is 49.1 Å². The number of hydrogen-bond acceptors (Lipinski definition) is 5. The number of anilines is 2. The lowest BCUT2D eigenvalue weighted by molar-refractivity contribution is -0.137. The Bertz CT molecular complexity index is 1440. The third-order valence-corrected chi connectivity index (χ3v) is 10.9. The molecule has 3 aliphatic rings. The Balaban J connectivity index is 1.26. The first-order valence-corrected chi connectivity index (χ1v) is 16.0. The smallest absolute Gasteiger partial charge is 0.368 e. The van der Waals surface area contributed by atoms with Crippen molar-refractivity contribution in [2.45, 2.75) is 43.7 Å². The second kappa shape index (κ2) is 11.6. The van der Waals surface area contributed by atoms with Crippen LogP contribution in [0.5, 0.6) is 0 Å². The molecule has 2 aromatic rings. The first-order valence-electron chi connectivity index (χ1n) is 13.7. The Labute approximate surface area is 246 Å². The predicted octanol–water partition coefficient (Wildman–Crippen LogP) is 4.52. The molecular weight excluding hydrogens is 625 g/mol. The van der Waals surface area contributed by atoms with E-state index in [9.17, 15) is 31.2 Å². The highest BCUT2D eigenvalue weighted by Crippen LogP contribution is 2.38. The quantitative estimate of drug-likeness (QED) is 0.473. The summed E-state index contributed by atoms with van der Waals surface area (Å²) < 4.78 is 68.8. The van der Waals surface area contributed by atoms with E-state index in [1.807, 2.05) is 4.90 Å². The van der Waals surface area contributed by atoms with E-state index in [2.05, 4.69) is 15.9 Å². The van der Waals surface area contributed by atoms with Crippen molar-refractivity contribution in [3.8, 4) is 0 Å². The van der Waals surface area contributed by atoms with Crippen molar-refractivity contribution in [2.24, 2.45) is 5.92 Å². The number of benzene rings is 2. The van der Waals surface area contributed by atoms with Crippen LogP contribution in [-0.2, 0) is 32.2 Å². The van der Waals surface area contributed by atoms with Gasteiger partial charge in [0.2, 0.25) is 21.8 Å². The lowest BCUT2D eigenvalue weighted by atomic mass is 9.97. The Morgan fingerprint density at radius 2 is 1.76 bits per heavy atom. The summed E-state index contributed by atoms with van der Waals surface area (Å²) >= 11 is 3.42. The van der Waals surface area contributed by atoms with Gasteiger partial charge in [-0.05, 0) is 71.1 Å². The van der Waals surface area contributed by atoms with E-state index in [0.29, 0.717) is 74.3 Å². The number of alkyl halides is 3. The first-order chi connectivity index (χ1) is 19.4. The summed E-state index contributed by atoms with van der Waals surface area (Å²) in [6.45, 7) is 4.08. The summed E-state index contributed by atoms with van der Waals surface area (Å²) in [5.74, 6) is -0.711. The second-order valence-electron chi connectivity index (χ2n) is 10.6. The molecule has 0 aliphatic carbocycles. The number of halogens is 4. The maximum Gasteiger partial charge on any atom is 0.416 e. The highest BCUT2D eigenvalue weighted by molar-refractivity contribution is 9.10. The molecule has 41 heavy (non-hydrogen) atoms. The molecule has 0 saturated carbocycles. The van der Waals surface area contributed by atoms with Gasteiger partial charge in [-0.1, -0.05) is 13.0 Å². The molecule has 5 rings (SSSR count). The standard InChI is InChI=1S/C28H32BrF3N4O4S/c1-2-26(37)36-10-8-19-15-23(29)25(17-24(19)36)41(39,40)35-9-4-5-20(18-35)27(38)34-13-11-33(12-14-34)22-7-3-6-21(16-22)28(30,31)32/h3,6-7,15-17,20H,2,4-5,8-14,18H2,1H3/t20-/m0/s1. The van der Waals surface area contributed by atoms with Crippen LogP contribution in [-0.4, -0.2) is 75.3 Å². The SMILES string of the molecule is CCC(=O)N1CCc2cc(Br)c(S(=O)(=O)N3CCC[C@H](C(=O)N4CCN(c5cccc(C(F)(F)F)c5)CC4)C3)cc21. The molecular formula is C28H32BrF3N4O4S. The number of fused-ring (bicyclic) bond motifs is 1. The van der Waals surface area contributed by atoms with Gasteiger partial charge in [0.25, 0.3) is 0 Å². The minimum absolute atomic E-state index is 0.0517. The number of hydrogen-bond donors (Lipinski definition) is 0. The third-order valence-electron chi connectivity index (χ3n) is 8.11. The number of carbonyl (C=O) groups is 2. The van der Waals surface area contributed by atoms with Crippen LogP contribution in [0.1, 0.15) is 37.3 Å². The van der Waals surface area contributed by atoms with Gasteiger partial charge in [0.15, 0.2) is 0 Å². The van der Waals surface area contributed by atoms with Gasteiger partial charge < -0.3 is 14.7 Å². The molecule has 0 N–H and O–H groups in total. The molecule has 0 aromatic heterocycles. The van der Waals surface area contributed by atoms with Crippen LogP contribution in [0.3, 0.4) is 0 Å². The molecule has 3 heterocycles. The number of nitrogens with zero attached hydrogens (tertiary/aromatic N) is 4. The number of piperidine rings is 1. The highest BCUT2D eigenvalue weighted by atomic mass is 79.9. The molecule has 2 aromatic carbocycles. The van der Waals surface area contributed by atoms with E-state index in [-0.39, 0.29) is 29.8 Å². The van der Waals surface area contributed by atoms with Crippen LogP contribution >= 0.6 is 15.9 Å². The van der Waals surface area contributed by atoms with Crippen LogP contribution in [0.4, 0.5) is 24.5 Å². The van der Waals surface area contributed by atoms with Crippen molar-refractivity contribution in [1.82, 2.24) is 9.21 Å². The fraction of sp³-hybridized carbons (Fsp3) is 0.500. The number of amides is 2. The van der Waals surface area contributed by atoms with E-state index >= 15 is 0 Å². The zero-order chi connectivity index (χ0) is 29.5. The van der Waals surface area contributed by atoms with Crippen molar-refractivity contribution in [3.05, 3.63) is 52.0 Å². The van der Waals surface area contributed by atoms with Crippen LogP contribution in [0, 0.1) is 5.92 Å². The molecule has 2 saturated heterocycles. The fourth-order valence-corrected chi connectivity index (χ4v) is 8.45. The largest absolute Gasteiger partial charge is 0.416 e. The van der Waals surface area contributed by atoms with Gasteiger partial charge in [0, 0.05) is 68.1 Å². The molecule has 222 valence electrons. The van der Waals surface area contributed by atoms with E-state index in [0.717, 1.165) is 17.7 Å². The number of carbonyl (C=O) groups excluding carboxylic acids is 2. The maximum atomic E-state index is 13.8. The highest BCUT2D eigenvalue weighted by Gasteiger charge is 2.38. The van der Waals surface area contributed by atoms with Gasteiger partial charge in [-0.3, -0.25) is 9.59 Å². The van der Waals surface area contributed by atoms with Gasteiger partial charge in [-0.15, -0.1) is 0 Å². The number of piperazine rings is 1. The summed E-state index contributed by atoms with van der Waals surface area (Å²) in [7, 11) is -3.95. The fourth-order valence-electron chi connectivity index (χ4n) is 5.86. The topological polar surface area (TPSA) is 81.2 Å². The lowest BCUT2D eigenvalue weighted by Crippen LogP contribution is -2.53. The molecule has 1 atom stereocenters. The van der Waals surface area contributed by atoms with Gasteiger partial charge in [0.1, 0.15) is 0 Å². The molecule has 2 amide bonds. The summed E-state index contributed by atoms with van der Waals surface area (Å²) in [6, 6.07) is 8.50. The summed E-state index contributed by atoms with van der Waals surface area (Å²) in [4.78, 5) is 31.1. The zero-order valence-corrected chi connectivity index (χ0v) is 25.1. The summed E-state index contributed by atoms with van der Waals surface area (Å²) in [5, 5.41) is 0. The van der Waals surface area contributed by atoms with Crippen LogP contribution in [0.25, 0.3) is 0 Å². The zero-order valence-electron chi connectivity index (χ0n) is 22.7. The molecule has 0 bridgehead atoms. The van der Waals surface area contributed by atoms with Crippen LogP contribution in [0.15, 0.2) is 45.8 Å². The van der Waals surface area contributed by atoms with Gasteiger partial charge in [-0.2, -0.15) is 17.5 Å². The average molecular weight is 658 g/mol. The molecule has 13 heteroatoms. The minimum atomic E-state index is -4.43. The third kappa shape index (κ3) is 5.98. The van der Waals surface area contributed by atoms with Crippen molar-refractivity contribution in [3.63, 3.8) is 0 Å². The molecule has 0 radical (unpaired) electrons. The second-order valence-corrected chi connectivity index (χ2v) is 13.4. The van der Waals surface area contributed by atoms with Gasteiger partial charge >= 0.3 is 6.18 Å². The van der Waals surface area contributed by atoms with Gasteiger partial charge in [-0.25, -0.2) is 8.42 Å². The molecule has 2 fully saturated rings. The van der Waals surface area contributed by atoms with E-state index < -0.39 is 27.7 Å². The summed E-state index contributed by atoms with van der Waals surface area (Å²) in [5.41, 5.74) is 1.27. The van der Waals surface area contributed by atoms with E-state index in [1.54, 1.807) is 34.9 Å². The Hall–Kier alpha value is -2.64. The number of rotatable bonds is 5. The van der Waals surface area contributed by atoms with Crippen LogP contribution in [0.2, 0.25) is 0 Å². The van der Waals surface area contributed by atoms with E-state index in [4.69, 9.17) is 0 Å². The molecule has 0 spiro atoms. The predicted molar refractivity (Wildman–Crippen MR) is 152 cm³/mol. The Morgan fingerprint density at radius 1 is 1.02 bits per heavy atom. The molecule has 8 nitrogen and oxygen atoms in total.